The van der Waals surface area contributed by atoms with Crippen molar-refractivity contribution in [2.45, 2.75) is 26.4 Å². The maximum Gasteiger partial charge on any atom is 0.416 e. The van der Waals surface area contributed by atoms with Crippen LogP contribution in [-0.4, -0.2) is 10.9 Å². The number of aryl methyl sites for hydroxylation is 2. The Balaban J connectivity index is 1.78. The van der Waals surface area contributed by atoms with Crippen LogP contribution in [0, 0.1) is 6.92 Å². The molecular formula is C20H17F3N2OS. The van der Waals surface area contributed by atoms with E-state index < -0.39 is 11.7 Å². The number of carbonyl (C=O) groups is 1. The first-order valence-corrected chi connectivity index (χ1v) is 9.15. The van der Waals surface area contributed by atoms with Gasteiger partial charge < -0.3 is 5.32 Å². The Morgan fingerprint density at radius 1 is 1.07 bits per heavy atom. The molecule has 3 aromatic rings. The van der Waals surface area contributed by atoms with Gasteiger partial charge in [0.2, 0.25) is 0 Å². The fourth-order valence-electron chi connectivity index (χ4n) is 2.54. The van der Waals surface area contributed by atoms with Crippen LogP contribution in [0.25, 0.3) is 10.6 Å². The first-order valence-electron chi connectivity index (χ1n) is 8.33. The molecule has 0 spiro atoms. The highest BCUT2D eigenvalue weighted by atomic mass is 32.1. The molecule has 0 fully saturated rings. The van der Waals surface area contributed by atoms with Crippen molar-refractivity contribution in [3.05, 3.63) is 70.2 Å². The van der Waals surface area contributed by atoms with Crippen LogP contribution in [0.5, 0.6) is 0 Å². The van der Waals surface area contributed by atoms with Crippen LogP contribution in [0.2, 0.25) is 0 Å². The number of nitrogens with one attached hydrogen (secondary N) is 1. The predicted octanol–water partition coefficient (Wildman–Crippen LogP) is 5.95. The molecule has 0 saturated heterocycles. The number of anilines is 1. The molecule has 7 heteroatoms. The molecule has 0 bridgehead atoms. The molecule has 0 aliphatic rings. The SMILES string of the molecule is CCc1ccc(-c2nc(C)c(C(=O)Nc3ccc(C(F)(F)F)cc3)s2)cc1. The van der Waals surface area contributed by atoms with E-state index in [9.17, 15) is 18.0 Å². The molecule has 27 heavy (non-hydrogen) atoms. The molecule has 140 valence electrons. The lowest BCUT2D eigenvalue weighted by Crippen LogP contribution is -2.12. The maximum atomic E-state index is 12.6. The van der Waals surface area contributed by atoms with E-state index in [-0.39, 0.29) is 5.91 Å². The summed E-state index contributed by atoms with van der Waals surface area (Å²) in [6.07, 6.45) is -3.46. The highest BCUT2D eigenvalue weighted by Gasteiger charge is 2.30. The number of alkyl halides is 3. The molecule has 3 rings (SSSR count). The lowest BCUT2D eigenvalue weighted by atomic mass is 10.1. The highest BCUT2D eigenvalue weighted by molar-refractivity contribution is 7.17. The number of benzene rings is 2. The average molecular weight is 390 g/mol. The summed E-state index contributed by atoms with van der Waals surface area (Å²) >= 11 is 1.26. The Morgan fingerprint density at radius 3 is 2.26 bits per heavy atom. The van der Waals surface area contributed by atoms with E-state index in [2.05, 4.69) is 17.2 Å². The van der Waals surface area contributed by atoms with Gasteiger partial charge in [-0.05, 0) is 43.2 Å². The summed E-state index contributed by atoms with van der Waals surface area (Å²) in [4.78, 5) is 17.4. The summed E-state index contributed by atoms with van der Waals surface area (Å²) in [6.45, 7) is 3.81. The maximum absolute atomic E-state index is 12.6. The molecule has 0 atom stereocenters. The first-order chi connectivity index (χ1) is 12.8. The van der Waals surface area contributed by atoms with Crippen LogP contribution in [0.3, 0.4) is 0 Å². The number of rotatable bonds is 4. The summed E-state index contributed by atoms with van der Waals surface area (Å²) in [5, 5.41) is 3.35. The van der Waals surface area contributed by atoms with E-state index in [1.807, 2.05) is 24.3 Å². The van der Waals surface area contributed by atoms with Crippen molar-refractivity contribution >= 4 is 22.9 Å². The van der Waals surface area contributed by atoms with E-state index in [1.165, 1.54) is 29.0 Å². The molecule has 0 aliphatic carbocycles. The molecule has 2 aromatic carbocycles. The van der Waals surface area contributed by atoms with Crippen LogP contribution in [0.1, 0.15) is 33.4 Å². The number of amides is 1. The van der Waals surface area contributed by atoms with Gasteiger partial charge in [0.15, 0.2) is 0 Å². The largest absolute Gasteiger partial charge is 0.416 e. The minimum atomic E-state index is -4.40. The number of nitrogens with zero attached hydrogens (tertiary/aromatic N) is 1. The Kier molecular flexibility index (Phi) is 5.32. The predicted molar refractivity (Wildman–Crippen MR) is 101 cm³/mol. The number of thiazole rings is 1. The second kappa shape index (κ2) is 7.52. The number of aromatic nitrogens is 1. The first kappa shape index (κ1) is 19.1. The fourth-order valence-corrected chi connectivity index (χ4v) is 3.51. The van der Waals surface area contributed by atoms with Crippen molar-refractivity contribution in [2.24, 2.45) is 0 Å². The van der Waals surface area contributed by atoms with E-state index in [0.29, 0.717) is 16.3 Å². The summed E-state index contributed by atoms with van der Waals surface area (Å²) < 4.78 is 37.9. The summed E-state index contributed by atoms with van der Waals surface area (Å²) in [5.74, 6) is -0.388. The Bertz CT molecular complexity index is 945. The van der Waals surface area contributed by atoms with E-state index in [4.69, 9.17) is 0 Å². The van der Waals surface area contributed by atoms with Crippen molar-refractivity contribution in [3.63, 3.8) is 0 Å². The minimum absolute atomic E-state index is 0.301. The second-order valence-electron chi connectivity index (χ2n) is 6.01. The van der Waals surface area contributed by atoms with Gasteiger partial charge in [0.1, 0.15) is 9.88 Å². The minimum Gasteiger partial charge on any atom is -0.321 e. The Morgan fingerprint density at radius 2 is 1.70 bits per heavy atom. The quantitative estimate of drug-likeness (QED) is 0.598. The standard InChI is InChI=1S/C20H17F3N2OS/c1-3-13-4-6-14(7-5-13)19-24-12(2)17(27-19)18(26)25-16-10-8-15(9-11-16)20(21,22)23/h4-11H,3H2,1-2H3,(H,25,26). The third-order valence-corrected chi connectivity index (χ3v) is 5.29. The molecule has 0 saturated carbocycles. The van der Waals surface area contributed by atoms with Gasteiger partial charge in [-0.15, -0.1) is 11.3 Å². The van der Waals surface area contributed by atoms with Gasteiger partial charge in [0, 0.05) is 11.3 Å². The Labute approximate surface area is 158 Å². The molecule has 1 heterocycles. The zero-order valence-corrected chi connectivity index (χ0v) is 15.5. The zero-order valence-electron chi connectivity index (χ0n) is 14.7. The topological polar surface area (TPSA) is 42.0 Å². The van der Waals surface area contributed by atoms with Gasteiger partial charge >= 0.3 is 6.18 Å². The van der Waals surface area contributed by atoms with Crippen LogP contribution in [0.15, 0.2) is 48.5 Å². The van der Waals surface area contributed by atoms with Gasteiger partial charge in [-0.3, -0.25) is 4.79 Å². The molecule has 3 nitrogen and oxygen atoms in total. The lowest BCUT2D eigenvalue weighted by Gasteiger charge is -2.08. The van der Waals surface area contributed by atoms with Gasteiger partial charge in [-0.2, -0.15) is 13.2 Å². The van der Waals surface area contributed by atoms with Crippen LogP contribution >= 0.6 is 11.3 Å². The third-order valence-electron chi connectivity index (χ3n) is 4.08. The van der Waals surface area contributed by atoms with Crippen molar-refractivity contribution in [2.75, 3.05) is 5.32 Å². The molecule has 1 amide bonds. The smallest absolute Gasteiger partial charge is 0.321 e. The zero-order chi connectivity index (χ0) is 19.6. The van der Waals surface area contributed by atoms with Crippen molar-refractivity contribution in [3.8, 4) is 10.6 Å². The molecule has 0 unspecified atom stereocenters. The van der Waals surface area contributed by atoms with Crippen molar-refractivity contribution in [1.82, 2.24) is 4.98 Å². The molecular weight excluding hydrogens is 373 g/mol. The Hall–Kier alpha value is -2.67. The summed E-state index contributed by atoms with van der Waals surface area (Å²) in [7, 11) is 0. The van der Waals surface area contributed by atoms with Gasteiger partial charge in [0.25, 0.3) is 5.91 Å². The number of hydrogen-bond donors (Lipinski definition) is 1. The average Bonchev–Trinajstić information content (AvgIpc) is 3.03. The molecule has 1 aromatic heterocycles. The van der Waals surface area contributed by atoms with Crippen LogP contribution < -0.4 is 5.32 Å². The monoisotopic (exact) mass is 390 g/mol. The van der Waals surface area contributed by atoms with Gasteiger partial charge in [0.05, 0.1) is 11.3 Å². The van der Waals surface area contributed by atoms with E-state index in [0.717, 1.165) is 29.1 Å². The highest BCUT2D eigenvalue weighted by Crippen LogP contribution is 2.31. The fraction of sp³-hybridized carbons (Fsp3) is 0.200. The second-order valence-corrected chi connectivity index (χ2v) is 7.01. The summed E-state index contributed by atoms with van der Waals surface area (Å²) in [6, 6.07) is 12.3. The number of hydrogen-bond acceptors (Lipinski definition) is 3. The van der Waals surface area contributed by atoms with Gasteiger partial charge in [-0.1, -0.05) is 31.2 Å². The third kappa shape index (κ3) is 4.36. The number of halogens is 3. The molecule has 0 radical (unpaired) electrons. The molecule has 0 aliphatic heterocycles. The lowest BCUT2D eigenvalue weighted by molar-refractivity contribution is -0.137. The van der Waals surface area contributed by atoms with Crippen molar-refractivity contribution < 1.29 is 18.0 Å². The van der Waals surface area contributed by atoms with Crippen LogP contribution in [0.4, 0.5) is 18.9 Å². The van der Waals surface area contributed by atoms with Crippen molar-refractivity contribution in [1.29, 1.82) is 0 Å². The normalized spacial score (nSPS) is 11.4. The molecule has 1 N–H and O–H groups in total. The van der Waals surface area contributed by atoms with Crippen LogP contribution in [-0.2, 0) is 12.6 Å². The van der Waals surface area contributed by atoms with Gasteiger partial charge in [-0.25, -0.2) is 4.98 Å². The number of carbonyl (C=O) groups excluding carboxylic acids is 1. The van der Waals surface area contributed by atoms with E-state index in [1.54, 1.807) is 6.92 Å². The summed E-state index contributed by atoms with van der Waals surface area (Å²) in [5.41, 5.74) is 2.27. The van der Waals surface area contributed by atoms with E-state index >= 15 is 0 Å².